The van der Waals surface area contributed by atoms with Crippen LogP contribution in [0, 0.1) is 5.92 Å². The van der Waals surface area contributed by atoms with Gasteiger partial charge in [-0.25, -0.2) is 0 Å². The Morgan fingerprint density at radius 3 is 2.06 bits per heavy atom. The molecule has 0 bridgehead atoms. The summed E-state index contributed by atoms with van der Waals surface area (Å²) in [7, 11) is 2.29. The Bertz CT molecular complexity index is 193. The van der Waals surface area contributed by atoms with E-state index in [2.05, 4.69) is 25.8 Å². The molecule has 17 heavy (non-hydrogen) atoms. The molecule has 102 valence electrons. The van der Waals surface area contributed by atoms with Crippen molar-refractivity contribution in [1.29, 1.82) is 0 Å². The average Bonchev–Trinajstić information content (AvgIpc) is 2.26. The van der Waals surface area contributed by atoms with Crippen molar-refractivity contribution < 1.29 is 0 Å². The third-order valence-corrected chi connectivity index (χ3v) is 4.52. The molecule has 0 aromatic heterocycles. The van der Waals surface area contributed by atoms with Gasteiger partial charge in [0, 0.05) is 12.1 Å². The highest BCUT2D eigenvalue weighted by molar-refractivity contribution is 4.91. The maximum atomic E-state index is 6.12. The second kappa shape index (κ2) is 7.38. The third-order valence-electron chi connectivity index (χ3n) is 4.52. The van der Waals surface area contributed by atoms with E-state index in [0.29, 0.717) is 5.54 Å². The molecule has 0 radical (unpaired) electrons. The first-order chi connectivity index (χ1) is 8.10. The van der Waals surface area contributed by atoms with Crippen LogP contribution in [0.25, 0.3) is 0 Å². The molecule has 0 unspecified atom stereocenters. The van der Waals surface area contributed by atoms with Gasteiger partial charge in [-0.3, -0.25) is 4.90 Å². The first kappa shape index (κ1) is 15.0. The first-order valence-corrected chi connectivity index (χ1v) is 7.52. The van der Waals surface area contributed by atoms with Crippen molar-refractivity contribution >= 4 is 0 Å². The van der Waals surface area contributed by atoms with Crippen LogP contribution >= 0.6 is 0 Å². The lowest BCUT2D eigenvalue weighted by Crippen LogP contribution is -2.52. The van der Waals surface area contributed by atoms with Crippen LogP contribution in [0.4, 0.5) is 0 Å². The molecule has 1 fully saturated rings. The van der Waals surface area contributed by atoms with Crippen LogP contribution in [0.15, 0.2) is 0 Å². The Balaban J connectivity index is 2.56. The molecule has 1 aliphatic rings. The molecule has 1 aliphatic carbocycles. The van der Waals surface area contributed by atoms with Crippen molar-refractivity contribution in [2.75, 3.05) is 20.1 Å². The number of rotatable bonds is 5. The molecule has 2 heteroatoms. The van der Waals surface area contributed by atoms with Crippen LogP contribution < -0.4 is 5.73 Å². The van der Waals surface area contributed by atoms with Gasteiger partial charge in [-0.2, -0.15) is 0 Å². The van der Waals surface area contributed by atoms with Gasteiger partial charge in [-0.05, 0) is 38.8 Å². The zero-order valence-corrected chi connectivity index (χ0v) is 12.2. The largest absolute Gasteiger partial charge is 0.329 e. The van der Waals surface area contributed by atoms with Crippen molar-refractivity contribution in [3.8, 4) is 0 Å². The number of likely N-dealkylation sites (N-methyl/N-ethyl adjacent to an activating group) is 1. The molecule has 0 saturated heterocycles. The summed E-state index contributed by atoms with van der Waals surface area (Å²) in [6.07, 6.45) is 10.9. The van der Waals surface area contributed by atoms with Crippen LogP contribution in [0.5, 0.6) is 0 Å². The van der Waals surface area contributed by atoms with Gasteiger partial charge < -0.3 is 5.73 Å². The molecule has 2 nitrogen and oxygen atoms in total. The summed E-state index contributed by atoms with van der Waals surface area (Å²) < 4.78 is 0. The minimum atomic E-state index is 0.301. The molecule has 0 aliphatic heterocycles. The predicted octanol–water partition coefficient (Wildman–Crippen LogP) is 3.41. The van der Waals surface area contributed by atoms with E-state index in [1.807, 2.05) is 0 Å². The van der Waals surface area contributed by atoms with Crippen LogP contribution in [-0.2, 0) is 0 Å². The van der Waals surface area contributed by atoms with Gasteiger partial charge in [0.2, 0.25) is 0 Å². The molecular weight excluding hydrogens is 208 g/mol. The molecule has 2 N–H and O–H groups in total. The van der Waals surface area contributed by atoms with E-state index >= 15 is 0 Å². The van der Waals surface area contributed by atoms with E-state index in [4.69, 9.17) is 5.73 Å². The van der Waals surface area contributed by atoms with Gasteiger partial charge in [0.25, 0.3) is 0 Å². The summed E-state index contributed by atoms with van der Waals surface area (Å²) >= 11 is 0. The molecule has 0 aromatic rings. The van der Waals surface area contributed by atoms with E-state index in [1.54, 1.807) is 0 Å². The summed E-state index contributed by atoms with van der Waals surface area (Å²) in [5.41, 5.74) is 6.43. The van der Waals surface area contributed by atoms with Crippen molar-refractivity contribution in [3.05, 3.63) is 0 Å². The van der Waals surface area contributed by atoms with Crippen molar-refractivity contribution in [2.24, 2.45) is 11.7 Å². The lowest BCUT2D eigenvalue weighted by atomic mass is 9.82. The van der Waals surface area contributed by atoms with Gasteiger partial charge in [0.05, 0.1) is 0 Å². The van der Waals surface area contributed by atoms with E-state index in [-0.39, 0.29) is 0 Å². The van der Waals surface area contributed by atoms with Gasteiger partial charge in [-0.1, -0.05) is 46.0 Å². The Labute approximate surface area is 108 Å². The van der Waals surface area contributed by atoms with Crippen LogP contribution in [-0.4, -0.2) is 30.6 Å². The second-order valence-corrected chi connectivity index (χ2v) is 6.30. The fraction of sp³-hybridized carbons (Fsp3) is 1.00. The highest BCUT2D eigenvalue weighted by atomic mass is 15.2. The predicted molar refractivity (Wildman–Crippen MR) is 76.2 cm³/mol. The maximum Gasteiger partial charge on any atom is 0.0328 e. The van der Waals surface area contributed by atoms with Gasteiger partial charge in [-0.15, -0.1) is 0 Å². The van der Waals surface area contributed by atoms with Crippen molar-refractivity contribution in [2.45, 2.75) is 70.8 Å². The van der Waals surface area contributed by atoms with Crippen LogP contribution in [0.1, 0.15) is 65.2 Å². The topological polar surface area (TPSA) is 29.3 Å². The standard InChI is InChI=1S/C15H32N2/c1-14(2)9-12-17(3)15(13-16)10-7-5-4-6-8-11-15/h14H,4-13,16H2,1-3H3. The molecular formula is C15H32N2. The molecule has 1 saturated carbocycles. The Morgan fingerprint density at radius 2 is 1.59 bits per heavy atom. The van der Waals surface area contributed by atoms with E-state index in [0.717, 1.165) is 12.5 Å². The highest BCUT2D eigenvalue weighted by Crippen LogP contribution is 2.30. The van der Waals surface area contributed by atoms with E-state index < -0.39 is 0 Å². The quantitative estimate of drug-likeness (QED) is 0.798. The van der Waals surface area contributed by atoms with E-state index in [9.17, 15) is 0 Å². The van der Waals surface area contributed by atoms with Crippen LogP contribution in [0.3, 0.4) is 0 Å². The summed E-state index contributed by atoms with van der Waals surface area (Å²) in [4.78, 5) is 2.57. The summed E-state index contributed by atoms with van der Waals surface area (Å²) in [6, 6.07) is 0. The van der Waals surface area contributed by atoms with E-state index in [1.165, 1.54) is 57.9 Å². The van der Waals surface area contributed by atoms with Crippen molar-refractivity contribution in [1.82, 2.24) is 4.90 Å². The fourth-order valence-corrected chi connectivity index (χ4v) is 2.99. The highest BCUT2D eigenvalue weighted by Gasteiger charge is 2.32. The minimum absolute atomic E-state index is 0.301. The number of hydrogen-bond donors (Lipinski definition) is 1. The zero-order valence-electron chi connectivity index (χ0n) is 12.2. The molecule has 0 atom stereocenters. The maximum absolute atomic E-state index is 6.12. The van der Waals surface area contributed by atoms with Crippen LogP contribution in [0.2, 0.25) is 0 Å². The summed E-state index contributed by atoms with van der Waals surface area (Å²) in [5, 5.41) is 0. The lowest BCUT2D eigenvalue weighted by molar-refractivity contribution is 0.0889. The van der Waals surface area contributed by atoms with Gasteiger partial charge in [0.15, 0.2) is 0 Å². The summed E-state index contributed by atoms with van der Waals surface area (Å²) in [5.74, 6) is 0.792. The number of hydrogen-bond acceptors (Lipinski definition) is 2. The Hall–Kier alpha value is -0.0800. The Kier molecular flexibility index (Phi) is 6.50. The molecule has 0 aromatic carbocycles. The molecule has 1 rings (SSSR count). The van der Waals surface area contributed by atoms with Gasteiger partial charge in [0.1, 0.15) is 0 Å². The molecule has 0 spiro atoms. The smallest absolute Gasteiger partial charge is 0.0328 e. The minimum Gasteiger partial charge on any atom is -0.329 e. The molecule has 0 amide bonds. The van der Waals surface area contributed by atoms with Crippen molar-refractivity contribution in [3.63, 3.8) is 0 Å². The lowest BCUT2D eigenvalue weighted by Gasteiger charge is -2.43. The average molecular weight is 240 g/mol. The normalized spacial score (nSPS) is 21.5. The number of nitrogens with zero attached hydrogens (tertiary/aromatic N) is 1. The number of nitrogens with two attached hydrogens (primary N) is 1. The second-order valence-electron chi connectivity index (χ2n) is 6.30. The first-order valence-electron chi connectivity index (χ1n) is 7.52. The molecule has 0 heterocycles. The third kappa shape index (κ3) is 4.59. The SMILES string of the molecule is CC(C)CCN(C)C1(CN)CCCCCCC1. The monoisotopic (exact) mass is 240 g/mol. The Morgan fingerprint density at radius 1 is 1.06 bits per heavy atom. The van der Waals surface area contributed by atoms with Gasteiger partial charge >= 0.3 is 0 Å². The zero-order chi connectivity index (χ0) is 12.7. The summed E-state index contributed by atoms with van der Waals surface area (Å²) in [6.45, 7) is 6.65. The fourth-order valence-electron chi connectivity index (χ4n) is 2.99.